The van der Waals surface area contributed by atoms with E-state index in [0.29, 0.717) is 6.04 Å². The first-order valence-corrected chi connectivity index (χ1v) is 6.27. The third-order valence-electron chi connectivity index (χ3n) is 3.15. The molecule has 0 amide bonds. The molecule has 1 unspecified atom stereocenters. The van der Waals surface area contributed by atoms with Gasteiger partial charge in [-0.05, 0) is 50.9 Å². The lowest BCUT2D eigenvalue weighted by Crippen LogP contribution is -2.27. The molecule has 0 aliphatic carbocycles. The van der Waals surface area contributed by atoms with Crippen molar-refractivity contribution in [3.05, 3.63) is 30.1 Å². The van der Waals surface area contributed by atoms with Crippen molar-refractivity contribution < 1.29 is 4.74 Å². The maximum atomic E-state index is 5.46. The van der Waals surface area contributed by atoms with E-state index in [9.17, 15) is 0 Å². The fourth-order valence-electron chi connectivity index (χ4n) is 1.82. The summed E-state index contributed by atoms with van der Waals surface area (Å²) in [4.78, 5) is 4.06. The number of nitrogens with one attached hydrogen (secondary N) is 1. The van der Waals surface area contributed by atoms with Gasteiger partial charge in [-0.25, -0.2) is 0 Å². The van der Waals surface area contributed by atoms with Gasteiger partial charge in [0, 0.05) is 25.5 Å². The SMILES string of the molecule is CCNC(CCC(C)(C)OC)c1ccncc1. The van der Waals surface area contributed by atoms with E-state index in [2.05, 4.69) is 43.2 Å². The second-order valence-corrected chi connectivity index (χ2v) is 4.89. The number of nitrogens with zero attached hydrogens (tertiary/aromatic N) is 1. The normalized spacial score (nSPS) is 13.6. The summed E-state index contributed by atoms with van der Waals surface area (Å²) in [5.74, 6) is 0. The van der Waals surface area contributed by atoms with Crippen LogP contribution in [0.5, 0.6) is 0 Å². The molecular weight excluding hydrogens is 212 g/mol. The number of ether oxygens (including phenoxy) is 1. The van der Waals surface area contributed by atoms with Crippen LogP contribution in [0.3, 0.4) is 0 Å². The van der Waals surface area contributed by atoms with E-state index in [-0.39, 0.29) is 5.60 Å². The van der Waals surface area contributed by atoms with Gasteiger partial charge in [0.1, 0.15) is 0 Å². The molecule has 0 saturated carbocycles. The molecule has 0 saturated heterocycles. The number of hydrogen-bond donors (Lipinski definition) is 1. The van der Waals surface area contributed by atoms with Crippen molar-refractivity contribution in [3.63, 3.8) is 0 Å². The van der Waals surface area contributed by atoms with E-state index in [0.717, 1.165) is 19.4 Å². The molecule has 0 bridgehead atoms. The number of rotatable bonds is 7. The minimum absolute atomic E-state index is 0.0549. The van der Waals surface area contributed by atoms with Crippen LogP contribution in [-0.2, 0) is 4.74 Å². The van der Waals surface area contributed by atoms with Crippen LogP contribution in [0.4, 0.5) is 0 Å². The highest BCUT2D eigenvalue weighted by Gasteiger charge is 2.19. The predicted molar refractivity (Wildman–Crippen MR) is 71.0 cm³/mol. The van der Waals surface area contributed by atoms with E-state index in [1.54, 1.807) is 7.11 Å². The zero-order valence-electron chi connectivity index (χ0n) is 11.4. The standard InChI is InChI=1S/C14H24N2O/c1-5-16-13(6-9-14(2,3)17-4)12-7-10-15-11-8-12/h7-8,10-11,13,16H,5-6,9H2,1-4H3. The molecule has 0 spiro atoms. The van der Waals surface area contributed by atoms with Crippen LogP contribution >= 0.6 is 0 Å². The minimum Gasteiger partial charge on any atom is -0.379 e. The van der Waals surface area contributed by atoms with Gasteiger partial charge in [-0.15, -0.1) is 0 Å². The molecule has 1 rings (SSSR count). The van der Waals surface area contributed by atoms with E-state index in [1.807, 2.05) is 12.4 Å². The first-order chi connectivity index (χ1) is 8.09. The number of aromatic nitrogens is 1. The van der Waals surface area contributed by atoms with Crippen LogP contribution < -0.4 is 5.32 Å². The first kappa shape index (κ1) is 14.1. The van der Waals surface area contributed by atoms with Crippen LogP contribution in [-0.4, -0.2) is 24.2 Å². The third kappa shape index (κ3) is 4.84. The van der Waals surface area contributed by atoms with Crippen molar-refractivity contribution >= 4 is 0 Å². The largest absolute Gasteiger partial charge is 0.379 e. The average Bonchev–Trinajstić information content (AvgIpc) is 2.35. The van der Waals surface area contributed by atoms with Crippen molar-refractivity contribution in [1.29, 1.82) is 0 Å². The maximum Gasteiger partial charge on any atom is 0.0623 e. The molecule has 1 aromatic rings. The number of methoxy groups -OCH3 is 1. The topological polar surface area (TPSA) is 34.1 Å². The number of hydrogen-bond acceptors (Lipinski definition) is 3. The molecule has 0 aromatic carbocycles. The molecule has 17 heavy (non-hydrogen) atoms. The van der Waals surface area contributed by atoms with Gasteiger partial charge in [0.25, 0.3) is 0 Å². The highest BCUT2D eigenvalue weighted by Crippen LogP contribution is 2.24. The van der Waals surface area contributed by atoms with Gasteiger partial charge in [-0.3, -0.25) is 4.98 Å². The molecule has 0 aliphatic heterocycles. The maximum absolute atomic E-state index is 5.46. The van der Waals surface area contributed by atoms with Gasteiger partial charge in [-0.1, -0.05) is 6.92 Å². The van der Waals surface area contributed by atoms with Crippen LogP contribution in [0.15, 0.2) is 24.5 Å². The van der Waals surface area contributed by atoms with Gasteiger partial charge >= 0.3 is 0 Å². The monoisotopic (exact) mass is 236 g/mol. The van der Waals surface area contributed by atoms with E-state index < -0.39 is 0 Å². The number of pyridine rings is 1. The molecule has 3 heteroatoms. The van der Waals surface area contributed by atoms with Crippen molar-refractivity contribution in [1.82, 2.24) is 10.3 Å². The summed E-state index contributed by atoms with van der Waals surface area (Å²) in [5, 5.41) is 3.51. The first-order valence-electron chi connectivity index (χ1n) is 6.27. The van der Waals surface area contributed by atoms with Crippen LogP contribution in [0.1, 0.15) is 45.2 Å². The summed E-state index contributed by atoms with van der Waals surface area (Å²) in [6, 6.07) is 4.54. The fraction of sp³-hybridized carbons (Fsp3) is 0.643. The molecular formula is C14H24N2O. The summed E-state index contributed by atoms with van der Waals surface area (Å²) >= 11 is 0. The van der Waals surface area contributed by atoms with Crippen molar-refractivity contribution in [2.24, 2.45) is 0 Å². The second kappa shape index (κ2) is 6.72. The Morgan fingerprint density at radius 3 is 2.53 bits per heavy atom. The summed E-state index contributed by atoms with van der Waals surface area (Å²) in [6.07, 6.45) is 5.80. The Hall–Kier alpha value is -0.930. The lowest BCUT2D eigenvalue weighted by Gasteiger charge is -2.26. The highest BCUT2D eigenvalue weighted by atomic mass is 16.5. The predicted octanol–water partition coefficient (Wildman–Crippen LogP) is 2.94. The van der Waals surface area contributed by atoms with Crippen LogP contribution in [0.2, 0.25) is 0 Å². The Morgan fingerprint density at radius 2 is 2.00 bits per heavy atom. The van der Waals surface area contributed by atoms with E-state index in [4.69, 9.17) is 4.74 Å². The molecule has 1 heterocycles. The molecule has 1 N–H and O–H groups in total. The zero-order chi connectivity index (χ0) is 12.7. The van der Waals surface area contributed by atoms with Gasteiger partial charge in [0.05, 0.1) is 5.60 Å². The van der Waals surface area contributed by atoms with E-state index >= 15 is 0 Å². The van der Waals surface area contributed by atoms with Gasteiger partial charge in [0.2, 0.25) is 0 Å². The fourth-order valence-corrected chi connectivity index (χ4v) is 1.82. The van der Waals surface area contributed by atoms with Crippen LogP contribution in [0, 0.1) is 0 Å². The Labute approximate surface area is 105 Å². The Morgan fingerprint density at radius 1 is 1.35 bits per heavy atom. The molecule has 3 nitrogen and oxygen atoms in total. The highest BCUT2D eigenvalue weighted by molar-refractivity contribution is 5.14. The Balaban J connectivity index is 2.61. The molecule has 96 valence electrons. The zero-order valence-corrected chi connectivity index (χ0v) is 11.4. The second-order valence-electron chi connectivity index (χ2n) is 4.89. The van der Waals surface area contributed by atoms with Crippen molar-refractivity contribution in [3.8, 4) is 0 Å². The third-order valence-corrected chi connectivity index (χ3v) is 3.15. The quantitative estimate of drug-likeness (QED) is 0.790. The summed E-state index contributed by atoms with van der Waals surface area (Å²) in [5.41, 5.74) is 1.24. The van der Waals surface area contributed by atoms with Crippen LogP contribution in [0.25, 0.3) is 0 Å². The average molecular weight is 236 g/mol. The molecule has 1 aromatic heterocycles. The molecule has 1 atom stereocenters. The van der Waals surface area contributed by atoms with Crippen molar-refractivity contribution in [2.45, 2.75) is 45.3 Å². The smallest absolute Gasteiger partial charge is 0.0623 e. The van der Waals surface area contributed by atoms with Gasteiger partial charge in [0.15, 0.2) is 0 Å². The van der Waals surface area contributed by atoms with Gasteiger partial charge < -0.3 is 10.1 Å². The summed E-state index contributed by atoms with van der Waals surface area (Å²) in [6.45, 7) is 7.36. The summed E-state index contributed by atoms with van der Waals surface area (Å²) < 4.78 is 5.46. The minimum atomic E-state index is -0.0549. The lowest BCUT2D eigenvalue weighted by atomic mass is 9.95. The Kier molecular flexibility index (Phi) is 5.59. The lowest BCUT2D eigenvalue weighted by molar-refractivity contribution is 0.0117. The van der Waals surface area contributed by atoms with Crippen molar-refractivity contribution in [2.75, 3.05) is 13.7 Å². The molecule has 0 aliphatic rings. The molecule has 0 fully saturated rings. The Bertz CT molecular complexity index is 311. The van der Waals surface area contributed by atoms with E-state index in [1.165, 1.54) is 5.56 Å². The summed E-state index contributed by atoms with van der Waals surface area (Å²) in [7, 11) is 1.77. The van der Waals surface area contributed by atoms with Gasteiger partial charge in [-0.2, -0.15) is 0 Å². The molecule has 0 radical (unpaired) electrons.